The molecule has 33 heavy (non-hydrogen) atoms. The first-order valence-electron chi connectivity index (χ1n) is 9.72. The molecule has 3 aromatic rings. The molecule has 3 aromatic carbocycles. The average molecular weight is 551 g/mol. The van der Waals surface area contributed by atoms with Gasteiger partial charge in [-0.3, -0.25) is 9.10 Å². The summed E-state index contributed by atoms with van der Waals surface area (Å²) >= 11 is 9.38. The number of hydrogen-bond acceptors (Lipinski definition) is 5. The lowest BCUT2D eigenvalue weighted by Crippen LogP contribution is -2.39. The summed E-state index contributed by atoms with van der Waals surface area (Å²) in [5.41, 5.74) is 4.28. The molecule has 172 valence electrons. The van der Waals surface area contributed by atoms with Crippen LogP contribution < -0.4 is 14.5 Å². The Kier molecular flexibility index (Phi) is 8.12. The van der Waals surface area contributed by atoms with Gasteiger partial charge in [-0.2, -0.15) is 5.10 Å². The van der Waals surface area contributed by atoms with Crippen molar-refractivity contribution in [1.82, 2.24) is 5.43 Å². The third-order valence-electron chi connectivity index (χ3n) is 4.62. The van der Waals surface area contributed by atoms with Crippen LogP contribution in [0.15, 0.2) is 81.2 Å². The van der Waals surface area contributed by atoms with Crippen molar-refractivity contribution >= 4 is 55.4 Å². The minimum atomic E-state index is -4.08. The van der Waals surface area contributed by atoms with Crippen molar-refractivity contribution in [2.45, 2.75) is 11.8 Å². The van der Waals surface area contributed by atoms with E-state index in [1.165, 1.54) is 31.5 Å². The third-order valence-corrected chi connectivity index (χ3v) is 7.35. The molecule has 3 rings (SSSR count). The van der Waals surface area contributed by atoms with Gasteiger partial charge in [-0.15, -0.1) is 0 Å². The number of halogens is 2. The number of rotatable bonds is 8. The monoisotopic (exact) mass is 549 g/mol. The molecule has 0 aromatic heterocycles. The van der Waals surface area contributed by atoms with Crippen LogP contribution in [0.4, 0.5) is 5.69 Å². The zero-order valence-electron chi connectivity index (χ0n) is 17.8. The molecule has 1 N–H and O–H groups in total. The van der Waals surface area contributed by atoms with Gasteiger partial charge in [0.25, 0.3) is 15.9 Å². The van der Waals surface area contributed by atoms with E-state index in [1.807, 2.05) is 6.92 Å². The Hall–Kier alpha value is -2.88. The zero-order valence-corrected chi connectivity index (χ0v) is 21.0. The lowest BCUT2D eigenvalue weighted by atomic mass is 10.2. The first-order valence-corrected chi connectivity index (χ1v) is 12.3. The summed E-state index contributed by atoms with van der Waals surface area (Å²) in [6.07, 6.45) is 1.39. The van der Waals surface area contributed by atoms with E-state index in [1.54, 1.807) is 48.5 Å². The number of ether oxygens (including phenoxy) is 1. The molecule has 10 heteroatoms. The zero-order chi connectivity index (χ0) is 24.0. The second-order valence-electron chi connectivity index (χ2n) is 6.96. The molecule has 0 aliphatic rings. The van der Waals surface area contributed by atoms with Gasteiger partial charge in [0.1, 0.15) is 12.3 Å². The normalized spacial score (nSPS) is 11.4. The highest BCUT2D eigenvalue weighted by Gasteiger charge is 2.28. The number of aryl methyl sites for hydroxylation is 1. The van der Waals surface area contributed by atoms with Gasteiger partial charge in [0, 0.05) is 10.6 Å². The van der Waals surface area contributed by atoms with E-state index >= 15 is 0 Å². The van der Waals surface area contributed by atoms with Crippen molar-refractivity contribution in [1.29, 1.82) is 0 Å². The molecule has 0 spiro atoms. The molecule has 0 saturated heterocycles. The topological polar surface area (TPSA) is 88.1 Å². The van der Waals surface area contributed by atoms with E-state index in [-0.39, 0.29) is 4.90 Å². The molecule has 0 bridgehead atoms. The Balaban J connectivity index is 1.88. The van der Waals surface area contributed by atoms with Crippen LogP contribution in [0.1, 0.15) is 11.1 Å². The molecular formula is C23H21BrClN3O4S. The molecule has 0 atom stereocenters. The molecule has 0 aliphatic carbocycles. The largest absolute Gasteiger partial charge is 0.496 e. The van der Waals surface area contributed by atoms with Gasteiger partial charge in [-0.25, -0.2) is 13.8 Å². The summed E-state index contributed by atoms with van der Waals surface area (Å²) in [4.78, 5) is 12.6. The van der Waals surface area contributed by atoms with Crippen LogP contribution in [0, 0.1) is 6.92 Å². The number of nitrogens with zero attached hydrogens (tertiary/aromatic N) is 2. The first kappa shape index (κ1) is 24.8. The lowest BCUT2D eigenvalue weighted by molar-refractivity contribution is -0.119. The Morgan fingerprint density at radius 2 is 1.85 bits per heavy atom. The van der Waals surface area contributed by atoms with Crippen molar-refractivity contribution < 1.29 is 17.9 Å². The summed E-state index contributed by atoms with van der Waals surface area (Å²) in [6.45, 7) is 1.41. The molecule has 0 saturated carbocycles. The number of benzene rings is 3. The minimum absolute atomic E-state index is 0.00289. The van der Waals surface area contributed by atoms with Crippen LogP contribution in [0.5, 0.6) is 5.75 Å². The Labute approximate surface area is 206 Å². The van der Waals surface area contributed by atoms with Crippen molar-refractivity contribution in [2.24, 2.45) is 5.10 Å². The van der Waals surface area contributed by atoms with Gasteiger partial charge < -0.3 is 4.74 Å². The van der Waals surface area contributed by atoms with Crippen LogP contribution in [0.2, 0.25) is 5.02 Å². The number of anilines is 1. The number of hydrogen-bond donors (Lipinski definition) is 1. The van der Waals surface area contributed by atoms with Crippen LogP contribution in [-0.4, -0.2) is 34.2 Å². The van der Waals surface area contributed by atoms with E-state index in [0.717, 1.165) is 9.87 Å². The lowest BCUT2D eigenvalue weighted by Gasteiger charge is -2.24. The predicted octanol–water partition coefficient (Wildman–Crippen LogP) is 4.77. The summed E-state index contributed by atoms with van der Waals surface area (Å²) in [7, 11) is -2.59. The van der Waals surface area contributed by atoms with Gasteiger partial charge in [0.05, 0.1) is 28.4 Å². The summed E-state index contributed by atoms with van der Waals surface area (Å²) in [5, 5.41) is 4.38. The highest BCUT2D eigenvalue weighted by atomic mass is 79.9. The minimum Gasteiger partial charge on any atom is -0.496 e. The van der Waals surface area contributed by atoms with Crippen molar-refractivity contribution in [3.63, 3.8) is 0 Å². The van der Waals surface area contributed by atoms with Crippen LogP contribution >= 0.6 is 27.5 Å². The van der Waals surface area contributed by atoms with Gasteiger partial charge in [-0.05, 0) is 59.3 Å². The smallest absolute Gasteiger partial charge is 0.264 e. The fourth-order valence-electron chi connectivity index (χ4n) is 2.88. The third kappa shape index (κ3) is 6.13. The van der Waals surface area contributed by atoms with Gasteiger partial charge in [0.15, 0.2) is 0 Å². The number of carbonyl (C=O) groups excluding carboxylic acids is 1. The highest BCUT2D eigenvalue weighted by molar-refractivity contribution is 9.10. The fourth-order valence-corrected chi connectivity index (χ4v) is 5.20. The number of sulfonamides is 1. The van der Waals surface area contributed by atoms with Crippen molar-refractivity contribution in [3.8, 4) is 5.75 Å². The summed E-state index contributed by atoms with van der Waals surface area (Å²) in [5.74, 6) is -0.127. The van der Waals surface area contributed by atoms with Crippen molar-refractivity contribution in [3.05, 3.63) is 87.4 Å². The van der Waals surface area contributed by atoms with E-state index in [0.29, 0.717) is 26.5 Å². The van der Waals surface area contributed by atoms with Crippen LogP contribution in [0.25, 0.3) is 0 Å². The van der Waals surface area contributed by atoms with Gasteiger partial charge in [0.2, 0.25) is 0 Å². The highest BCUT2D eigenvalue weighted by Crippen LogP contribution is 2.30. The van der Waals surface area contributed by atoms with E-state index in [9.17, 15) is 13.2 Å². The quantitative estimate of drug-likeness (QED) is 0.323. The van der Waals surface area contributed by atoms with Gasteiger partial charge >= 0.3 is 0 Å². The predicted molar refractivity (Wildman–Crippen MR) is 134 cm³/mol. The molecule has 0 heterocycles. The maximum Gasteiger partial charge on any atom is 0.264 e. The fraction of sp³-hybridized carbons (Fsp3) is 0.130. The Morgan fingerprint density at radius 3 is 2.48 bits per heavy atom. The van der Waals surface area contributed by atoms with Crippen molar-refractivity contribution in [2.75, 3.05) is 18.0 Å². The average Bonchev–Trinajstić information content (AvgIpc) is 2.79. The number of carbonyl (C=O) groups is 1. The molecule has 0 unspecified atom stereocenters. The summed E-state index contributed by atoms with van der Waals surface area (Å²) in [6, 6.07) is 18.2. The van der Waals surface area contributed by atoms with Crippen LogP contribution in [0.3, 0.4) is 0 Å². The van der Waals surface area contributed by atoms with Gasteiger partial charge in [-0.1, -0.05) is 47.5 Å². The van der Waals surface area contributed by atoms with E-state index in [2.05, 4.69) is 26.5 Å². The molecule has 1 amide bonds. The standard InChI is InChI=1S/C23H21BrClN3O4S/c1-16-7-9-18(10-8-16)28(33(30,31)19-11-12-22(32-2)20(24)13-19)15-23(29)27-26-14-17-5-3-4-6-21(17)25/h3-14H,15H2,1-2H3,(H,27,29)/b26-14-. The van der Waals surface area contributed by atoms with Crippen LogP contribution in [-0.2, 0) is 14.8 Å². The van der Waals surface area contributed by atoms with E-state index in [4.69, 9.17) is 16.3 Å². The van der Waals surface area contributed by atoms with E-state index < -0.39 is 22.5 Å². The molecule has 7 nitrogen and oxygen atoms in total. The molecule has 0 radical (unpaired) electrons. The molecule has 0 aliphatic heterocycles. The molecular weight excluding hydrogens is 530 g/mol. The second kappa shape index (κ2) is 10.8. The number of amides is 1. The number of methoxy groups -OCH3 is 1. The SMILES string of the molecule is COc1ccc(S(=O)(=O)N(CC(=O)N/N=C\c2ccccc2Cl)c2ccc(C)cc2)cc1Br. The summed E-state index contributed by atoms with van der Waals surface area (Å²) < 4.78 is 33.6. The molecule has 0 fully saturated rings. The number of hydrazone groups is 1. The second-order valence-corrected chi connectivity index (χ2v) is 10.1. The maximum absolute atomic E-state index is 13.5. The maximum atomic E-state index is 13.5. The Morgan fingerprint density at radius 1 is 1.15 bits per heavy atom. The first-order chi connectivity index (χ1) is 15.7. The Bertz CT molecular complexity index is 1280. The number of nitrogens with one attached hydrogen (secondary N) is 1.